The van der Waals surface area contributed by atoms with E-state index in [9.17, 15) is 32.3 Å². The number of fused-ring (bicyclic) bond motifs is 1. The van der Waals surface area contributed by atoms with Crippen LogP contribution in [0.25, 0.3) is 10.2 Å². The average Bonchev–Trinajstić information content (AvgIpc) is 3.44. The highest BCUT2D eigenvalue weighted by Gasteiger charge is 2.38. The van der Waals surface area contributed by atoms with Gasteiger partial charge in [0.05, 0.1) is 22.4 Å². The van der Waals surface area contributed by atoms with Crippen molar-refractivity contribution >= 4 is 57.0 Å². The molecular weight excluding hydrogens is 621 g/mol. The molecule has 2 amide bonds. The number of carboxylic acid groups (broad SMARTS) is 2. The molecule has 0 aliphatic heterocycles. The largest absolute Gasteiger partial charge is 0.490 e. The molecule has 0 spiro atoms. The number of primary amides is 1. The maximum Gasteiger partial charge on any atom is 0.490 e. The van der Waals surface area contributed by atoms with Gasteiger partial charge in [-0.1, -0.05) is 30.3 Å². The van der Waals surface area contributed by atoms with Crippen LogP contribution in [0.15, 0.2) is 72.8 Å². The molecule has 4 aromatic rings. The lowest BCUT2D eigenvalue weighted by Crippen LogP contribution is -2.35. The van der Waals surface area contributed by atoms with Crippen LogP contribution in [0.3, 0.4) is 0 Å². The number of para-hydroxylation sites is 1. The Labute approximate surface area is 257 Å². The molecule has 0 aliphatic carbocycles. The summed E-state index contributed by atoms with van der Waals surface area (Å²) in [5.74, 6) is -5.14. The number of carbonyl (C=O) groups is 5. The third-order valence-corrected chi connectivity index (χ3v) is 6.40. The molecule has 0 unspecified atom stereocenters. The molecule has 238 valence electrons. The van der Waals surface area contributed by atoms with Gasteiger partial charge in [-0.05, 0) is 55.0 Å². The number of carbonyl (C=O) groups excluding carboxylic acids is 3. The monoisotopic (exact) mass is 648 g/mol. The lowest BCUT2D eigenvalue weighted by Gasteiger charge is -2.21. The van der Waals surface area contributed by atoms with Crippen molar-refractivity contribution < 1.29 is 52.1 Å². The maximum atomic E-state index is 12.6. The summed E-state index contributed by atoms with van der Waals surface area (Å²) >= 11 is 1.16. The summed E-state index contributed by atoms with van der Waals surface area (Å²) in [5, 5.41) is 16.4. The fraction of sp³-hybridized carbons (Fsp3) is 0.172. The highest BCUT2D eigenvalue weighted by molar-refractivity contribution is 7.20. The number of halogens is 3. The molecule has 0 aliphatic rings. The summed E-state index contributed by atoms with van der Waals surface area (Å²) in [5.41, 5.74) is 13.6. The lowest BCUT2D eigenvalue weighted by atomic mass is 10.1. The Hall–Kier alpha value is -5.35. The van der Waals surface area contributed by atoms with Crippen LogP contribution in [0.5, 0.6) is 0 Å². The van der Waals surface area contributed by atoms with Gasteiger partial charge in [0.1, 0.15) is 6.54 Å². The zero-order valence-corrected chi connectivity index (χ0v) is 24.3. The normalized spacial score (nSPS) is 10.4. The number of hydrogen-bond acceptors (Lipinski definition) is 9. The van der Waals surface area contributed by atoms with Crippen molar-refractivity contribution in [3.8, 4) is 0 Å². The molecule has 0 fully saturated rings. The van der Waals surface area contributed by atoms with Crippen molar-refractivity contribution in [1.29, 1.82) is 0 Å². The molecule has 1 aromatic heterocycles. The van der Waals surface area contributed by atoms with Crippen molar-refractivity contribution in [1.82, 2.24) is 4.98 Å². The average molecular weight is 649 g/mol. The number of aliphatic carboxylic acids is 2. The van der Waals surface area contributed by atoms with Crippen LogP contribution in [-0.2, 0) is 20.9 Å². The number of aromatic nitrogens is 1. The van der Waals surface area contributed by atoms with Gasteiger partial charge in [0.2, 0.25) is 0 Å². The van der Waals surface area contributed by atoms with Gasteiger partial charge in [-0.2, -0.15) is 13.2 Å². The maximum absolute atomic E-state index is 12.6. The number of rotatable bonds is 8. The molecule has 0 saturated heterocycles. The molecule has 12 nitrogen and oxygen atoms in total. The minimum Gasteiger partial charge on any atom is -0.480 e. The summed E-state index contributed by atoms with van der Waals surface area (Å²) in [7, 11) is 0. The Morgan fingerprint density at radius 1 is 0.933 bits per heavy atom. The highest BCUT2D eigenvalue weighted by Crippen LogP contribution is 2.23. The Balaban J connectivity index is 0.000000263. The number of thiazole rings is 1. The van der Waals surface area contributed by atoms with E-state index in [0.717, 1.165) is 21.6 Å². The van der Waals surface area contributed by atoms with Crippen molar-refractivity contribution in [2.75, 3.05) is 18.1 Å². The van der Waals surface area contributed by atoms with E-state index in [1.54, 1.807) is 67.6 Å². The van der Waals surface area contributed by atoms with Crippen molar-refractivity contribution in [3.63, 3.8) is 0 Å². The Kier molecular flexibility index (Phi) is 13.1. The molecule has 16 heteroatoms. The SMILES string of the molecule is CCOC(=O)c1ccc2nc(C(N)=O)sc2c1.NCc1cccc(C(=O)N(CC(=O)O)c2ccccc2)c1.O=C(O)C(F)(F)F. The second kappa shape index (κ2) is 16.5. The molecule has 3 aromatic carbocycles. The number of hydrogen-bond donors (Lipinski definition) is 4. The van der Waals surface area contributed by atoms with Gasteiger partial charge < -0.3 is 26.4 Å². The van der Waals surface area contributed by atoms with Crippen LogP contribution in [0.4, 0.5) is 18.9 Å². The van der Waals surface area contributed by atoms with E-state index in [4.69, 9.17) is 31.2 Å². The quantitative estimate of drug-likeness (QED) is 0.202. The van der Waals surface area contributed by atoms with Gasteiger partial charge in [-0.25, -0.2) is 14.6 Å². The van der Waals surface area contributed by atoms with Crippen LogP contribution in [0, 0.1) is 0 Å². The first-order valence-corrected chi connectivity index (χ1v) is 13.5. The number of amides is 2. The number of anilines is 1. The van der Waals surface area contributed by atoms with Gasteiger partial charge >= 0.3 is 24.1 Å². The Bertz CT molecular complexity index is 1660. The van der Waals surface area contributed by atoms with E-state index in [1.165, 1.54) is 4.90 Å². The summed E-state index contributed by atoms with van der Waals surface area (Å²) in [6.07, 6.45) is -5.08. The number of alkyl halides is 3. The van der Waals surface area contributed by atoms with Crippen LogP contribution >= 0.6 is 11.3 Å². The second-order valence-corrected chi connectivity index (χ2v) is 9.64. The number of ether oxygens (including phenoxy) is 1. The van der Waals surface area contributed by atoms with Crippen LogP contribution < -0.4 is 16.4 Å². The fourth-order valence-electron chi connectivity index (χ4n) is 3.38. The van der Waals surface area contributed by atoms with E-state index in [2.05, 4.69) is 4.98 Å². The van der Waals surface area contributed by atoms with E-state index < -0.39 is 30.6 Å². The molecule has 0 saturated carbocycles. The van der Waals surface area contributed by atoms with E-state index in [0.29, 0.717) is 35.5 Å². The summed E-state index contributed by atoms with van der Waals surface area (Å²) in [6.45, 7) is 2.00. The van der Waals surface area contributed by atoms with Crippen LogP contribution in [0.1, 0.15) is 43.0 Å². The first kappa shape index (κ1) is 35.8. The predicted octanol–water partition coefficient (Wildman–Crippen LogP) is 4.08. The number of esters is 1. The van der Waals surface area contributed by atoms with Crippen molar-refractivity contribution in [2.45, 2.75) is 19.6 Å². The molecule has 0 atom stereocenters. The summed E-state index contributed by atoms with van der Waals surface area (Å²) < 4.78 is 37.4. The van der Waals surface area contributed by atoms with Crippen molar-refractivity contribution in [2.24, 2.45) is 11.5 Å². The smallest absolute Gasteiger partial charge is 0.480 e. The van der Waals surface area contributed by atoms with Gasteiger partial charge in [0.15, 0.2) is 5.01 Å². The minimum absolute atomic E-state index is 0.237. The minimum atomic E-state index is -5.08. The van der Waals surface area contributed by atoms with Gasteiger partial charge in [0.25, 0.3) is 11.8 Å². The van der Waals surface area contributed by atoms with E-state index in [1.807, 2.05) is 12.1 Å². The van der Waals surface area contributed by atoms with Gasteiger partial charge in [-0.3, -0.25) is 19.3 Å². The number of nitrogens with two attached hydrogens (primary N) is 2. The molecule has 0 bridgehead atoms. The molecule has 1 heterocycles. The van der Waals surface area contributed by atoms with E-state index in [-0.39, 0.29) is 16.9 Å². The van der Waals surface area contributed by atoms with Gasteiger partial charge in [-0.15, -0.1) is 11.3 Å². The number of carboxylic acids is 2. The zero-order chi connectivity index (χ0) is 33.7. The standard InChI is InChI=1S/C16H16N2O3.C11H10N2O3S.C2HF3O2/c17-10-12-5-4-6-13(9-12)16(21)18(11-15(19)20)14-7-2-1-3-8-14;1-2-16-11(15)6-3-4-7-8(5-6)17-10(13-7)9(12)14;3-2(4,5)1(6)7/h1-9H,10-11,17H2,(H,19,20);3-5H,2H2,1H3,(H2,12,14);(H,6,7). The topological polar surface area (TPSA) is 203 Å². The lowest BCUT2D eigenvalue weighted by molar-refractivity contribution is -0.192. The predicted molar refractivity (Wildman–Crippen MR) is 158 cm³/mol. The second-order valence-electron chi connectivity index (χ2n) is 8.61. The first-order valence-electron chi connectivity index (χ1n) is 12.7. The summed E-state index contributed by atoms with van der Waals surface area (Å²) in [6, 6.07) is 20.6. The zero-order valence-electron chi connectivity index (χ0n) is 23.5. The van der Waals surface area contributed by atoms with E-state index >= 15 is 0 Å². The molecule has 0 radical (unpaired) electrons. The summed E-state index contributed by atoms with van der Waals surface area (Å²) in [4.78, 5) is 60.2. The van der Waals surface area contributed by atoms with Crippen LogP contribution in [0.2, 0.25) is 0 Å². The molecule has 45 heavy (non-hydrogen) atoms. The van der Waals surface area contributed by atoms with Crippen molar-refractivity contribution in [3.05, 3.63) is 94.5 Å². The molecule has 6 N–H and O–H groups in total. The number of benzene rings is 3. The van der Waals surface area contributed by atoms with Crippen LogP contribution in [-0.4, -0.2) is 64.2 Å². The van der Waals surface area contributed by atoms with Gasteiger partial charge in [0, 0.05) is 17.8 Å². The highest BCUT2D eigenvalue weighted by atomic mass is 32.1. The Morgan fingerprint density at radius 2 is 1.58 bits per heavy atom. The first-order chi connectivity index (χ1) is 21.2. The third-order valence-electron chi connectivity index (χ3n) is 5.37. The Morgan fingerprint density at radius 3 is 2.11 bits per heavy atom. The molecular formula is C29H27F3N4O8S. The number of nitrogens with zero attached hydrogens (tertiary/aromatic N) is 2. The molecule has 4 rings (SSSR count). The fourth-order valence-corrected chi connectivity index (χ4v) is 4.24. The third kappa shape index (κ3) is 11.0.